The molecule has 0 fully saturated rings. The number of nitrogens with one attached hydrogen (secondary N) is 1. The Morgan fingerprint density at radius 3 is 2.00 bits per heavy atom. The molecule has 0 radical (unpaired) electrons. The third-order valence-corrected chi connectivity index (χ3v) is 5.61. The summed E-state index contributed by atoms with van der Waals surface area (Å²) in [6, 6.07) is 0. The maximum absolute atomic E-state index is 5.46. The predicted molar refractivity (Wildman–Crippen MR) is 101 cm³/mol. The summed E-state index contributed by atoms with van der Waals surface area (Å²) < 4.78 is 1.01. The molecule has 0 aromatic heterocycles. The van der Waals surface area contributed by atoms with E-state index in [-0.39, 0.29) is 52.8 Å². The molecule has 0 aliphatic carbocycles. The minimum Gasteiger partial charge on any atom is -1.00 e. The normalized spacial score (nSPS) is 13.3. The van der Waals surface area contributed by atoms with Crippen molar-refractivity contribution in [2.45, 2.75) is 79.1 Å². The van der Waals surface area contributed by atoms with Crippen LogP contribution in [0.3, 0.4) is 0 Å². The Hall–Kier alpha value is 1.88. The zero-order valence-electron chi connectivity index (χ0n) is 16.0. The molecule has 2 unspecified atom stereocenters. The Kier molecular flexibility index (Phi) is 21.8. The molecule has 0 saturated carbocycles. The molecule has 21 heavy (non-hydrogen) atoms. The average molecular weight is 358 g/mol. The molecule has 1 nitrogen and oxygen atoms in total. The van der Waals surface area contributed by atoms with Gasteiger partial charge in [0, 0.05) is 12.3 Å². The van der Waals surface area contributed by atoms with E-state index in [1.54, 1.807) is 0 Å². The van der Waals surface area contributed by atoms with E-state index in [1.165, 1.54) is 57.1 Å². The Balaban J connectivity index is -0.00000180. The largest absolute Gasteiger partial charge is 1.00 e. The van der Waals surface area contributed by atoms with Crippen molar-refractivity contribution in [2.24, 2.45) is 11.8 Å². The van der Waals surface area contributed by atoms with E-state index in [0.29, 0.717) is 0 Å². The summed E-state index contributed by atoms with van der Waals surface area (Å²) in [5, 5.41) is 3.47. The Morgan fingerprint density at radius 2 is 1.52 bits per heavy atom. The number of thiocarbonyl (C=S) groups is 1. The van der Waals surface area contributed by atoms with Crippen LogP contribution in [0.4, 0.5) is 0 Å². The van der Waals surface area contributed by atoms with Gasteiger partial charge in [-0.2, -0.15) is 0 Å². The van der Waals surface area contributed by atoms with E-state index in [2.05, 4.69) is 33.0 Å². The van der Waals surface area contributed by atoms with E-state index in [9.17, 15) is 0 Å². The van der Waals surface area contributed by atoms with Crippen LogP contribution in [0.1, 0.15) is 80.5 Å². The van der Waals surface area contributed by atoms with Crippen LogP contribution in [0.2, 0.25) is 0 Å². The van der Waals surface area contributed by atoms with Crippen LogP contribution < -0.4 is 56.7 Å². The van der Waals surface area contributed by atoms with Gasteiger partial charge in [-0.05, 0) is 24.7 Å². The number of rotatable bonds is 12. The van der Waals surface area contributed by atoms with Gasteiger partial charge in [-0.25, -0.2) is 0 Å². The number of hydrogen-bond acceptors (Lipinski definition) is 2. The van der Waals surface area contributed by atoms with Crippen molar-refractivity contribution in [3.8, 4) is 0 Å². The van der Waals surface area contributed by atoms with Crippen LogP contribution in [0.25, 0.3) is 0 Å². The maximum Gasteiger partial charge on any atom is 1.00 e. The molecule has 122 valence electrons. The summed E-state index contributed by atoms with van der Waals surface area (Å²) >= 11 is 7.32. The minimum atomic E-state index is 0. The van der Waals surface area contributed by atoms with E-state index >= 15 is 0 Å². The van der Waals surface area contributed by atoms with E-state index in [0.717, 1.165) is 22.7 Å². The van der Waals surface area contributed by atoms with Gasteiger partial charge in [0.1, 0.15) is 4.32 Å². The zero-order valence-corrected chi connectivity index (χ0v) is 19.8. The molecule has 0 aliphatic rings. The van der Waals surface area contributed by atoms with Gasteiger partial charge in [0.15, 0.2) is 0 Å². The van der Waals surface area contributed by atoms with Gasteiger partial charge in [0.25, 0.3) is 0 Å². The van der Waals surface area contributed by atoms with Crippen molar-refractivity contribution in [2.75, 3.05) is 12.3 Å². The van der Waals surface area contributed by atoms with Crippen LogP contribution >= 0.6 is 24.0 Å². The topological polar surface area (TPSA) is 12.0 Å². The summed E-state index contributed by atoms with van der Waals surface area (Å²) in [6.45, 7) is 10.2. The Labute approximate surface area is 187 Å². The van der Waals surface area contributed by atoms with Crippen LogP contribution in [-0.4, -0.2) is 16.6 Å². The average Bonchev–Trinajstić information content (AvgIpc) is 2.47. The van der Waals surface area contributed by atoms with Crippen LogP contribution in [0, 0.1) is 11.8 Å². The van der Waals surface area contributed by atoms with E-state index in [4.69, 9.17) is 12.2 Å². The van der Waals surface area contributed by atoms with E-state index in [1.807, 2.05) is 11.8 Å². The van der Waals surface area contributed by atoms with Gasteiger partial charge >= 0.3 is 51.4 Å². The molecule has 0 spiro atoms. The maximum atomic E-state index is 5.46. The molecule has 0 aromatic rings. The molecule has 0 bridgehead atoms. The first kappa shape index (κ1) is 25.1. The fraction of sp³-hybridized carbons (Fsp3) is 0.941. The van der Waals surface area contributed by atoms with Crippen molar-refractivity contribution < 1.29 is 52.8 Å². The zero-order chi connectivity index (χ0) is 15.2. The SMILES string of the molecule is CCCCC(CC)CNC(=S)SCC(CC)CCCC.[H-].[K+]. The van der Waals surface area contributed by atoms with Gasteiger partial charge in [-0.1, -0.05) is 90.2 Å². The first-order valence-corrected chi connectivity index (χ1v) is 9.97. The molecular weight excluding hydrogens is 321 g/mol. The summed E-state index contributed by atoms with van der Waals surface area (Å²) in [7, 11) is 0. The van der Waals surface area contributed by atoms with Crippen LogP contribution in [-0.2, 0) is 0 Å². The molecule has 4 heteroatoms. The fourth-order valence-corrected chi connectivity index (χ4v) is 3.58. The molecular formula is C17H36KNS2. The second-order valence-corrected chi connectivity index (χ2v) is 7.51. The van der Waals surface area contributed by atoms with Gasteiger partial charge in [0.05, 0.1) is 0 Å². The predicted octanol–water partition coefficient (Wildman–Crippen LogP) is 3.14. The van der Waals surface area contributed by atoms with Crippen molar-refractivity contribution in [1.29, 1.82) is 0 Å². The molecule has 0 heterocycles. The summed E-state index contributed by atoms with van der Waals surface area (Å²) in [4.78, 5) is 0. The quantitative estimate of drug-likeness (QED) is 0.426. The third kappa shape index (κ3) is 15.2. The van der Waals surface area contributed by atoms with Crippen molar-refractivity contribution in [1.82, 2.24) is 5.32 Å². The summed E-state index contributed by atoms with van der Waals surface area (Å²) in [5.74, 6) is 2.81. The molecule has 1 N–H and O–H groups in total. The molecule has 0 rings (SSSR count). The second-order valence-electron chi connectivity index (χ2n) is 5.81. The molecule has 0 aromatic carbocycles. The Bertz CT molecular complexity index is 221. The molecule has 0 saturated heterocycles. The standard InChI is InChI=1S/C17H35NS2.K.H/c1-5-9-11-15(7-3)13-18-17(19)20-14-16(8-4)12-10-6-2;;/h15-16H,5-14H2,1-4H3,(H,18,19);;/q;+1;-1. The summed E-state index contributed by atoms with van der Waals surface area (Å²) in [5.41, 5.74) is 0. The first-order valence-electron chi connectivity index (χ1n) is 8.58. The van der Waals surface area contributed by atoms with Gasteiger partial charge in [0.2, 0.25) is 0 Å². The third-order valence-electron chi connectivity index (χ3n) is 4.07. The minimum absolute atomic E-state index is 0. The molecule has 2 atom stereocenters. The van der Waals surface area contributed by atoms with E-state index < -0.39 is 0 Å². The van der Waals surface area contributed by atoms with Crippen molar-refractivity contribution >= 4 is 28.3 Å². The van der Waals surface area contributed by atoms with Crippen LogP contribution in [0.15, 0.2) is 0 Å². The van der Waals surface area contributed by atoms with Gasteiger partial charge in [-0.15, -0.1) is 0 Å². The van der Waals surface area contributed by atoms with Crippen LogP contribution in [0.5, 0.6) is 0 Å². The summed E-state index contributed by atoms with van der Waals surface area (Å²) in [6.07, 6.45) is 10.5. The monoisotopic (exact) mass is 357 g/mol. The molecule has 0 amide bonds. The first-order chi connectivity index (χ1) is 9.67. The fourth-order valence-electron chi connectivity index (χ4n) is 2.31. The number of thioether (sulfide) groups is 1. The second kappa shape index (κ2) is 18.2. The number of unbranched alkanes of at least 4 members (excludes halogenated alkanes) is 2. The molecule has 0 aliphatic heterocycles. The van der Waals surface area contributed by atoms with Crippen molar-refractivity contribution in [3.63, 3.8) is 0 Å². The number of hydrogen-bond donors (Lipinski definition) is 1. The Morgan fingerprint density at radius 1 is 1.00 bits per heavy atom. The van der Waals surface area contributed by atoms with Gasteiger partial charge < -0.3 is 6.74 Å². The van der Waals surface area contributed by atoms with Gasteiger partial charge in [-0.3, -0.25) is 0 Å². The smallest absolute Gasteiger partial charge is 1.00 e. The van der Waals surface area contributed by atoms with Crippen molar-refractivity contribution in [3.05, 3.63) is 0 Å².